The first kappa shape index (κ1) is 18.9. The second-order valence-electron chi connectivity index (χ2n) is 7.56. The maximum absolute atomic E-state index is 13.3. The number of carbonyl (C=O) groups excluding carboxylic acids is 1. The second-order valence-corrected chi connectivity index (χ2v) is 7.56. The maximum Gasteiger partial charge on any atom is 0.308 e. The highest BCUT2D eigenvalue weighted by molar-refractivity contribution is 6.00. The third-order valence-electron chi connectivity index (χ3n) is 5.43. The van der Waals surface area contributed by atoms with Crippen molar-refractivity contribution in [1.82, 2.24) is 14.7 Å². The van der Waals surface area contributed by atoms with Crippen LogP contribution in [0.2, 0.25) is 0 Å². The Labute approximate surface area is 169 Å². The molecule has 1 atom stereocenters. The average molecular weight is 389 g/mol. The van der Waals surface area contributed by atoms with Crippen LogP contribution in [0, 0.1) is 19.8 Å². The van der Waals surface area contributed by atoms with Gasteiger partial charge in [0.05, 0.1) is 17.2 Å². The fraction of sp³-hybridized carbons (Fsp3) is 0.261. The van der Waals surface area contributed by atoms with Gasteiger partial charge >= 0.3 is 5.97 Å². The van der Waals surface area contributed by atoms with Gasteiger partial charge in [-0.3, -0.25) is 9.59 Å². The summed E-state index contributed by atoms with van der Waals surface area (Å²) in [6.45, 7) is 4.71. The van der Waals surface area contributed by atoms with Gasteiger partial charge < -0.3 is 10.0 Å². The van der Waals surface area contributed by atoms with Crippen molar-refractivity contribution in [2.45, 2.75) is 20.3 Å². The molecule has 0 spiro atoms. The fourth-order valence-corrected chi connectivity index (χ4v) is 3.84. The van der Waals surface area contributed by atoms with Crippen LogP contribution in [-0.2, 0) is 4.79 Å². The quantitative estimate of drug-likeness (QED) is 0.738. The molecule has 1 saturated heterocycles. The normalized spacial score (nSPS) is 16.2. The van der Waals surface area contributed by atoms with E-state index in [0.29, 0.717) is 24.2 Å². The van der Waals surface area contributed by atoms with Crippen molar-refractivity contribution >= 4 is 11.9 Å². The van der Waals surface area contributed by atoms with Crippen LogP contribution >= 0.6 is 0 Å². The van der Waals surface area contributed by atoms with Gasteiger partial charge in [0.25, 0.3) is 5.91 Å². The molecule has 0 saturated carbocycles. The first-order valence-electron chi connectivity index (χ1n) is 9.69. The van der Waals surface area contributed by atoms with Crippen molar-refractivity contribution in [2.24, 2.45) is 5.92 Å². The minimum Gasteiger partial charge on any atom is -0.481 e. The van der Waals surface area contributed by atoms with E-state index in [1.807, 2.05) is 56.3 Å². The van der Waals surface area contributed by atoms with Crippen molar-refractivity contribution in [3.63, 3.8) is 0 Å². The molecule has 1 amide bonds. The summed E-state index contributed by atoms with van der Waals surface area (Å²) in [5.74, 6) is -1.53. The number of aryl methyl sites for hydroxylation is 2. The molecule has 1 aliphatic rings. The molecule has 1 aliphatic heterocycles. The standard InChI is InChI=1S/C23H23N3O3/c1-15-8-9-19(16(2)12-15)21-20(14-26(24-21)18-6-4-3-5-7-18)22(27)25-11-10-17(13-25)23(28)29/h3-9,12,14,17H,10-11,13H2,1-2H3,(H,28,29). The van der Waals surface area contributed by atoms with Gasteiger partial charge in [-0.15, -0.1) is 0 Å². The van der Waals surface area contributed by atoms with Crippen molar-refractivity contribution < 1.29 is 14.7 Å². The zero-order chi connectivity index (χ0) is 20.5. The number of rotatable bonds is 4. The molecule has 0 radical (unpaired) electrons. The van der Waals surface area contributed by atoms with E-state index in [4.69, 9.17) is 5.10 Å². The summed E-state index contributed by atoms with van der Waals surface area (Å²) in [5, 5.41) is 14.0. The topological polar surface area (TPSA) is 75.4 Å². The van der Waals surface area contributed by atoms with Gasteiger partial charge in [0.15, 0.2) is 0 Å². The molecule has 3 aromatic rings. The number of carboxylic acid groups (broad SMARTS) is 1. The summed E-state index contributed by atoms with van der Waals surface area (Å²) >= 11 is 0. The third kappa shape index (κ3) is 3.66. The number of benzene rings is 2. The Morgan fingerprint density at radius 2 is 1.86 bits per heavy atom. The molecule has 29 heavy (non-hydrogen) atoms. The molecule has 1 N–H and O–H groups in total. The van der Waals surface area contributed by atoms with Crippen molar-refractivity contribution in [1.29, 1.82) is 0 Å². The predicted octanol–water partition coefficient (Wildman–Crippen LogP) is 3.70. The number of amides is 1. The van der Waals surface area contributed by atoms with E-state index >= 15 is 0 Å². The molecule has 0 aliphatic carbocycles. The maximum atomic E-state index is 13.3. The smallest absolute Gasteiger partial charge is 0.308 e. The van der Waals surface area contributed by atoms with Crippen molar-refractivity contribution in [2.75, 3.05) is 13.1 Å². The van der Waals surface area contributed by atoms with Crippen LogP contribution in [0.4, 0.5) is 0 Å². The van der Waals surface area contributed by atoms with Crippen molar-refractivity contribution in [3.05, 3.63) is 71.4 Å². The lowest BCUT2D eigenvalue weighted by molar-refractivity contribution is -0.141. The summed E-state index contributed by atoms with van der Waals surface area (Å²) in [7, 11) is 0. The molecule has 0 bridgehead atoms. The van der Waals surface area contributed by atoms with Gasteiger partial charge in [-0.2, -0.15) is 5.10 Å². The number of carbonyl (C=O) groups is 2. The molecule has 6 heteroatoms. The lowest BCUT2D eigenvalue weighted by Crippen LogP contribution is -2.30. The molecule has 6 nitrogen and oxygen atoms in total. The first-order chi connectivity index (χ1) is 13.9. The van der Waals surface area contributed by atoms with Crippen LogP contribution in [-0.4, -0.2) is 44.8 Å². The molecular formula is C23H23N3O3. The number of aliphatic carboxylic acids is 1. The fourth-order valence-electron chi connectivity index (χ4n) is 3.84. The van der Waals surface area contributed by atoms with Gasteiger partial charge in [-0.1, -0.05) is 42.0 Å². The number of likely N-dealkylation sites (tertiary alicyclic amines) is 1. The summed E-state index contributed by atoms with van der Waals surface area (Å²) in [5.41, 5.74) is 5.07. The molecule has 2 heterocycles. The minimum atomic E-state index is -0.852. The number of aromatic nitrogens is 2. The molecule has 1 fully saturated rings. The zero-order valence-corrected chi connectivity index (χ0v) is 16.5. The average Bonchev–Trinajstić information content (AvgIpc) is 3.36. The second kappa shape index (κ2) is 7.54. The van der Waals surface area contributed by atoms with E-state index in [1.54, 1.807) is 15.8 Å². The van der Waals surface area contributed by atoms with E-state index in [-0.39, 0.29) is 12.5 Å². The molecule has 1 aromatic heterocycles. The summed E-state index contributed by atoms with van der Waals surface area (Å²) < 4.78 is 1.71. The van der Waals surface area contributed by atoms with Crippen LogP contribution in [0.5, 0.6) is 0 Å². The lowest BCUT2D eigenvalue weighted by atomic mass is 10.0. The van der Waals surface area contributed by atoms with Crippen LogP contribution in [0.3, 0.4) is 0 Å². The van der Waals surface area contributed by atoms with E-state index in [2.05, 4.69) is 6.07 Å². The number of hydrogen-bond donors (Lipinski definition) is 1. The van der Waals surface area contributed by atoms with E-state index in [0.717, 1.165) is 22.4 Å². The number of hydrogen-bond acceptors (Lipinski definition) is 3. The van der Waals surface area contributed by atoms with Crippen LogP contribution in [0.1, 0.15) is 27.9 Å². The van der Waals surface area contributed by atoms with Crippen molar-refractivity contribution in [3.8, 4) is 16.9 Å². The summed E-state index contributed by atoms with van der Waals surface area (Å²) in [6, 6.07) is 15.7. The van der Waals surface area contributed by atoms with Crippen LogP contribution in [0.15, 0.2) is 54.7 Å². The third-order valence-corrected chi connectivity index (χ3v) is 5.43. The molecule has 2 aromatic carbocycles. The monoisotopic (exact) mass is 389 g/mol. The molecular weight excluding hydrogens is 366 g/mol. The zero-order valence-electron chi connectivity index (χ0n) is 16.5. The van der Waals surface area contributed by atoms with Crippen LogP contribution < -0.4 is 0 Å². The summed E-state index contributed by atoms with van der Waals surface area (Å²) in [4.78, 5) is 26.2. The van der Waals surface area contributed by atoms with E-state index in [9.17, 15) is 14.7 Å². The van der Waals surface area contributed by atoms with Gasteiger partial charge in [0.1, 0.15) is 5.69 Å². The predicted molar refractivity (Wildman–Crippen MR) is 110 cm³/mol. The Bertz CT molecular complexity index is 1070. The highest BCUT2D eigenvalue weighted by atomic mass is 16.4. The molecule has 4 rings (SSSR count). The summed E-state index contributed by atoms with van der Waals surface area (Å²) in [6.07, 6.45) is 2.23. The highest BCUT2D eigenvalue weighted by Crippen LogP contribution is 2.29. The van der Waals surface area contributed by atoms with Crippen LogP contribution in [0.25, 0.3) is 16.9 Å². The number of carboxylic acids is 1. The van der Waals surface area contributed by atoms with E-state index < -0.39 is 11.9 Å². The largest absolute Gasteiger partial charge is 0.481 e. The first-order valence-corrected chi connectivity index (χ1v) is 9.69. The Kier molecular flexibility index (Phi) is 4.92. The van der Waals surface area contributed by atoms with Gasteiger partial charge in [0.2, 0.25) is 0 Å². The van der Waals surface area contributed by atoms with Gasteiger partial charge in [-0.05, 0) is 38.0 Å². The highest BCUT2D eigenvalue weighted by Gasteiger charge is 2.33. The van der Waals surface area contributed by atoms with Gasteiger partial charge in [-0.25, -0.2) is 4.68 Å². The Balaban J connectivity index is 1.78. The van der Waals surface area contributed by atoms with Gasteiger partial charge in [0, 0.05) is 24.8 Å². The molecule has 148 valence electrons. The number of nitrogens with zero attached hydrogens (tertiary/aromatic N) is 3. The SMILES string of the molecule is Cc1ccc(-c2nn(-c3ccccc3)cc2C(=O)N2CCC(C(=O)O)C2)c(C)c1. The number of para-hydroxylation sites is 1. The minimum absolute atomic E-state index is 0.175. The Hall–Kier alpha value is -3.41. The Morgan fingerprint density at radius 3 is 2.52 bits per heavy atom. The lowest BCUT2D eigenvalue weighted by Gasteiger charge is -2.16. The van der Waals surface area contributed by atoms with E-state index in [1.165, 1.54) is 0 Å². The molecule has 1 unspecified atom stereocenters. The Morgan fingerprint density at radius 1 is 1.10 bits per heavy atom.